The Labute approximate surface area is 235 Å². The molecule has 2 aromatic rings. The van der Waals surface area contributed by atoms with Gasteiger partial charge in [0.25, 0.3) is 5.56 Å². The Bertz CT molecular complexity index is 1170. The SMILES string of the molecule is CCC(C)C(=O)OCn1c(/C=C(\C)OCCCCN2CCN(c3cccc(Cl)c3Cl)CC2)c(C)ccc1=O. The third-order valence-corrected chi connectivity index (χ3v) is 7.78. The number of piperazine rings is 1. The number of esters is 1. The zero-order valence-electron chi connectivity index (χ0n) is 22.8. The van der Waals surface area contributed by atoms with Crippen LogP contribution in [-0.2, 0) is 21.0 Å². The molecular weight excluding hydrogens is 525 g/mol. The van der Waals surface area contributed by atoms with Gasteiger partial charge in [-0.1, -0.05) is 49.2 Å². The fraction of sp³-hybridized carbons (Fsp3) is 0.517. The maximum absolute atomic E-state index is 12.5. The average molecular weight is 565 g/mol. The number of benzene rings is 1. The van der Waals surface area contributed by atoms with Crippen LogP contribution in [0.2, 0.25) is 10.0 Å². The minimum atomic E-state index is -0.307. The van der Waals surface area contributed by atoms with E-state index >= 15 is 0 Å². The summed E-state index contributed by atoms with van der Waals surface area (Å²) in [4.78, 5) is 29.3. The van der Waals surface area contributed by atoms with Gasteiger partial charge in [0.15, 0.2) is 6.73 Å². The Morgan fingerprint density at radius 2 is 1.82 bits per heavy atom. The third kappa shape index (κ3) is 8.26. The number of pyridine rings is 1. The molecule has 3 rings (SSSR count). The summed E-state index contributed by atoms with van der Waals surface area (Å²) in [7, 11) is 0. The molecular formula is C29H39Cl2N3O4. The Morgan fingerprint density at radius 3 is 2.53 bits per heavy atom. The first-order chi connectivity index (χ1) is 18.2. The minimum absolute atomic E-state index is 0.112. The number of nitrogens with zero attached hydrogens (tertiary/aromatic N) is 3. The van der Waals surface area contributed by atoms with E-state index in [1.54, 1.807) is 6.07 Å². The summed E-state index contributed by atoms with van der Waals surface area (Å²) in [6.45, 7) is 12.9. The number of ether oxygens (including phenoxy) is 2. The fourth-order valence-corrected chi connectivity index (χ4v) is 4.73. The van der Waals surface area contributed by atoms with Gasteiger partial charge in [0.05, 0.1) is 39.7 Å². The maximum Gasteiger partial charge on any atom is 0.310 e. The molecule has 1 aromatic heterocycles. The number of hydrogen-bond donors (Lipinski definition) is 0. The quantitative estimate of drug-likeness (QED) is 0.179. The van der Waals surface area contributed by atoms with Crippen molar-refractivity contribution in [3.63, 3.8) is 0 Å². The van der Waals surface area contributed by atoms with E-state index < -0.39 is 0 Å². The van der Waals surface area contributed by atoms with Gasteiger partial charge in [-0.3, -0.25) is 19.1 Å². The molecule has 0 amide bonds. The monoisotopic (exact) mass is 563 g/mol. The lowest BCUT2D eigenvalue weighted by Crippen LogP contribution is -2.46. The van der Waals surface area contributed by atoms with Crippen LogP contribution in [0.3, 0.4) is 0 Å². The average Bonchev–Trinajstić information content (AvgIpc) is 2.91. The van der Waals surface area contributed by atoms with Crippen molar-refractivity contribution < 1.29 is 14.3 Å². The van der Waals surface area contributed by atoms with Crippen LogP contribution in [0, 0.1) is 12.8 Å². The number of halogens is 2. The number of aryl methyl sites for hydroxylation is 1. The van der Waals surface area contributed by atoms with Crippen molar-refractivity contribution in [2.45, 2.75) is 53.7 Å². The first-order valence-electron chi connectivity index (χ1n) is 13.3. The Hall–Kier alpha value is -2.48. The topological polar surface area (TPSA) is 64.0 Å². The molecule has 9 heteroatoms. The van der Waals surface area contributed by atoms with Crippen LogP contribution in [-0.4, -0.2) is 54.8 Å². The molecule has 1 fully saturated rings. The molecule has 0 saturated carbocycles. The first kappa shape index (κ1) is 30.1. The molecule has 1 unspecified atom stereocenters. The Morgan fingerprint density at radius 1 is 1.08 bits per heavy atom. The molecule has 38 heavy (non-hydrogen) atoms. The molecule has 1 aliphatic heterocycles. The third-order valence-electron chi connectivity index (χ3n) is 6.97. The highest BCUT2D eigenvalue weighted by atomic mass is 35.5. The lowest BCUT2D eigenvalue weighted by atomic mass is 10.1. The molecule has 1 aliphatic rings. The summed E-state index contributed by atoms with van der Waals surface area (Å²) in [5, 5.41) is 1.21. The number of unbranched alkanes of at least 4 members (excludes halogenated alkanes) is 1. The largest absolute Gasteiger partial charge is 0.498 e. The molecule has 1 atom stereocenters. The number of allylic oxidation sites excluding steroid dienone is 1. The predicted octanol–water partition coefficient (Wildman–Crippen LogP) is 5.99. The summed E-state index contributed by atoms with van der Waals surface area (Å²) in [5.41, 5.74) is 2.38. The zero-order chi connectivity index (χ0) is 27.7. The van der Waals surface area contributed by atoms with Gasteiger partial charge in [-0.15, -0.1) is 0 Å². The molecule has 1 saturated heterocycles. The smallest absolute Gasteiger partial charge is 0.310 e. The van der Waals surface area contributed by atoms with E-state index in [1.165, 1.54) is 10.6 Å². The van der Waals surface area contributed by atoms with Gasteiger partial charge in [0.1, 0.15) is 0 Å². The van der Waals surface area contributed by atoms with Gasteiger partial charge >= 0.3 is 5.97 Å². The Kier molecular flexibility index (Phi) is 11.6. The lowest BCUT2D eigenvalue weighted by molar-refractivity contribution is -0.152. The van der Waals surface area contributed by atoms with Crippen LogP contribution in [0.15, 0.2) is 40.9 Å². The van der Waals surface area contributed by atoms with E-state index in [4.69, 9.17) is 32.7 Å². The number of hydrogen-bond acceptors (Lipinski definition) is 6. The van der Waals surface area contributed by atoms with E-state index in [1.807, 2.05) is 52.0 Å². The van der Waals surface area contributed by atoms with Gasteiger partial charge < -0.3 is 14.4 Å². The van der Waals surface area contributed by atoms with Gasteiger partial charge in [-0.05, 0) is 63.4 Å². The van der Waals surface area contributed by atoms with E-state index in [-0.39, 0.29) is 24.2 Å². The van der Waals surface area contributed by atoms with E-state index in [0.717, 1.165) is 56.8 Å². The molecule has 208 valence electrons. The molecule has 0 spiro atoms. The van der Waals surface area contributed by atoms with Crippen LogP contribution in [0.25, 0.3) is 6.08 Å². The van der Waals surface area contributed by atoms with Crippen molar-refractivity contribution in [2.24, 2.45) is 5.92 Å². The number of anilines is 1. The van der Waals surface area contributed by atoms with Gasteiger partial charge in [0.2, 0.25) is 0 Å². The number of rotatable bonds is 12. The summed E-state index contributed by atoms with van der Waals surface area (Å²) in [6, 6.07) is 9.03. The molecule has 0 N–H and O–H groups in total. The normalized spacial score (nSPS) is 15.4. The summed E-state index contributed by atoms with van der Waals surface area (Å²) in [6.07, 6.45) is 4.49. The second-order valence-corrected chi connectivity index (χ2v) is 10.6. The van der Waals surface area contributed by atoms with Crippen molar-refractivity contribution in [1.29, 1.82) is 0 Å². The lowest BCUT2D eigenvalue weighted by Gasteiger charge is -2.36. The zero-order valence-corrected chi connectivity index (χ0v) is 24.4. The van der Waals surface area contributed by atoms with Crippen molar-refractivity contribution >= 4 is 40.9 Å². The summed E-state index contributed by atoms with van der Waals surface area (Å²) < 4.78 is 12.8. The predicted molar refractivity (Wildman–Crippen MR) is 155 cm³/mol. The van der Waals surface area contributed by atoms with Crippen molar-refractivity contribution in [2.75, 3.05) is 44.2 Å². The van der Waals surface area contributed by atoms with Gasteiger partial charge in [0, 0.05) is 32.2 Å². The molecule has 0 radical (unpaired) electrons. The first-order valence-corrected chi connectivity index (χ1v) is 14.1. The second-order valence-electron chi connectivity index (χ2n) is 9.78. The van der Waals surface area contributed by atoms with Crippen LogP contribution in [0.4, 0.5) is 5.69 Å². The molecule has 0 bridgehead atoms. The van der Waals surface area contributed by atoms with Crippen LogP contribution in [0.5, 0.6) is 0 Å². The van der Waals surface area contributed by atoms with Gasteiger partial charge in [-0.25, -0.2) is 0 Å². The van der Waals surface area contributed by atoms with Crippen LogP contribution < -0.4 is 10.5 Å². The van der Waals surface area contributed by atoms with Crippen LogP contribution >= 0.6 is 23.2 Å². The van der Waals surface area contributed by atoms with E-state index in [0.29, 0.717) is 34.5 Å². The minimum Gasteiger partial charge on any atom is -0.498 e. The van der Waals surface area contributed by atoms with E-state index in [2.05, 4.69) is 9.80 Å². The highest BCUT2D eigenvalue weighted by Gasteiger charge is 2.19. The Balaban J connectivity index is 1.44. The van der Waals surface area contributed by atoms with Crippen LogP contribution in [0.1, 0.15) is 51.3 Å². The molecule has 7 nitrogen and oxygen atoms in total. The summed E-state index contributed by atoms with van der Waals surface area (Å²) in [5.74, 6) is 0.205. The standard InChI is InChI=1S/C29H39Cl2N3O4/c1-5-21(2)29(36)38-20-34-26(22(3)11-12-27(34)35)19-23(4)37-18-7-6-13-32-14-16-33(17-15-32)25-10-8-9-24(30)28(25)31/h8-12,19,21H,5-7,13-18,20H2,1-4H3/b23-19+. The van der Waals surface area contributed by atoms with Crippen molar-refractivity contribution in [3.8, 4) is 0 Å². The highest BCUT2D eigenvalue weighted by molar-refractivity contribution is 6.43. The number of aromatic nitrogens is 1. The number of carbonyl (C=O) groups excluding carboxylic acids is 1. The molecule has 1 aromatic carbocycles. The maximum atomic E-state index is 12.5. The second kappa shape index (κ2) is 14.6. The summed E-state index contributed by atoms with van der Waals surface area (Å²) >= 11 is 12.6. The van der Waals surface area contributed by atoms with Crippen molar-refractivity contribution in [3.05, 3.63) is 67.7 Å². The number of carbonyl (C=O) groups is 1. The molecule has 0 aliphatic carbocycles. The van der Waals surface area contributed by atoms with Crippen molar-refractivity contribution in [1.82, 2.24) is 9.47 Å². The van der Waals surface area contributed by atoms with E-state index in [9.17, 15) is 9.59 Å². The fourth-order valence-electron chi connectivity index (χ4n) is 4.32. The molecule has 2 heterocycles. The highest BCUT2D eigenvalue weighted by Crippen LogP contribution is 2.32. The van der Waals surface area contributed by atoms with Gasteiger partial charge in [-0.2, -0.15) is 0 Å².